The molecule has 0 saturated heterocycles. The first-order valence-corrected chi connectivity index (χ1v) is 7.35. The van der Waals surface area contributed by atoms with Gasteiger partial charge >= 0.3 is 0 Å². The number of nitrogens with zero attached hydrogens (tertiary/aromatic N) is 1. The molecule has 0 aromatic carbocycles. The Morgan fingerprint density at radius 3 is 2.84 bits per heavy atom. The van der Waals surface area contributed by atoms with Crippen molar-refractivity contribution in [3.8, 4) is 0 Å². The third-order valence-electron chi connectivity index (χ3n) is 2.82. The number of allylic oxidation sites excluding steroid dienone is 4. The SMILES string of the molecule is CON=C1CCS(=O)(=O)C2=C1C(Cl)C(=C=O)C=C2F. The van der Waals surface area contributed by atoms with Crippen molar-refractivity contribution < 1.29 is 22.4 Å². The van der Waals surface area contributed by atoms with Crippen LogP contribution < -0.4 is 0 Å². The highest BCUT2D eigenvalue weighted by Crippen LogP contribution is 2.39. The second kappa shape index (κ2) is 4.92. The van der Waals surface area contributed by atoms with E-state index in [0.29, 0.717) is 0 Å². The van der Waals surface area contributed by atoms with Gasteiger partial charge in [0.05, 0.1) is 22.4 Å². The minimum atomic E-state index is -3.78. The lowest BCUT2D eigenvalue weighted by Crippen LogP contribution is -2.31. The van der Waals surface area contributed by atoms with Crippen molar-refractivity contribution in [2.24, 2.45) is 5.16 Å². The summed E-state index contributed by atoms with van der Waals surface area (Å²) in [6, 6.07) is 0. The Balaban J connectivity index is 2.77. The summed E-state index contributed by atoms with van der Waals surface area (Å²) in [5, 5.41) is 2.56. The number of hydrogen-bond acceptors (Lipinski definition) is 5. The van der Waals surface area contributed by atoms with Gasteiger partial charge in [0.1, 0.15) is 23.8 Å². The quantitative estimate of drug-likeness (QED) is 0.416. The van der Waals surface area contributed by atoms with Gasteiger partial charge < -0.3 is 4.84 Å². The van der Waals surface area contributed by atoms with E-state index in [2.05, 4.69) is 9.99 Å². The number of carbonyl (C=O) groups excluding carboxylic acids is 1. The lowest BCUT2D eigenvalue weighted by atomic mass is 9.94. The summed E-state index contributed by atoms with van der Waals surface area (Å²) in [6.45, 7) is 0. The topological polar surface area (TPSA) is 72.8 Å². The number of hydrogen-bond donors (Lipinski definition) is 0. The molecule has 0 fully saturated rings. The van der Waals surface area contributed by atoms with E-state index in [-0.39, 0.29) is 29.0 Å². The lowest BCUT2D eigenvalue weighted by Gasteiger charge is -2.26. The summed E-state index contributed by atoms with van der Waals surface area (Å²) in [7, 11) is -2.49. The van der Waals surface area contributed by atoms with Gasteiger partial charge in [-0.1, -0.05) is 5.16 Å². The van der Waals surface area contributed by atoms with Crippen LogP contribution in [0.2, 0.25) is 0 Å². The van der Waals surface area contributed by atoms with E-state index in [1.807, 2.05) is 0 Å². The molecule has 0 amide bonds. The van der Waals surface area contributed by atoms with Gasteiger partial charge in [0.2, 0.25) is 0 Å². The van der Waals surface area contributed by atoms with Gasteiger partial charge in [-0.25, -0.2) is 17.6 Å². The highest BCUT2D eigenvalue weighted by atomic mass is 35.5. The van der Waals surface area contributed by atoms with Crippen LogP contribution in [0.15, 0.2) is 33.1 Å². The molecule has 0 aromatic heterocycles. The molecule has 1 atom stereocenters. The van der Waals surface area contributed by atoms with Crippen molar-refractivity contribution >= 4 is 33.1 Å². The fourth-order valence-electron chi connectivity index (χ4n) is 2.02. The second-order valence-electron chi connectivity index (χ2n) is 3.94. The van der Waals surface area contributed by atoms with Crippen molar-refractivity contribution in [3.05, 3.63) is 28.0 Å². The van der Waals surface area contributed by atoms with Crippen LogP contribution in [-0.4, -0.2) is 38.3 Å². The van der Waals surface area contributed by atoms with Crippen molar-refractivity contribution in [3.63, 3.8) is 0 Å². The molecule has 102 valence electrons. The Morgan fingerprint density at radius 2 is 2.26 bits per heavy atom. The van der Waals surface area contributed by atoms with Crippen LogP contribution in [0.5, 0.6) is 0 Å². The fourth-order valence-corrected chi connectivity index (χ4v) is 4.02. The summed E-state index contributed by atoms with van der Waals surface area (Å²) < 4.78 is 37.7. The molecule has 0 radical (unpaired) electrons. The number of oxime groups is 1. The van der Waals surface area contributed by atoms with E-state index in [0.717, 1.165) is 6.08 Å². The number of alkyl halides is 1. The molecule has 1 heterocycles. The highest BCUT2D eigenvalue weighted by Gasteiger charge is 2.40. The number of sulfone groups is 1. The molecular formula is C11H9ClFNO4S. The molecule has 1 unspecified atom stereocenters. The molecule has 0 N–H and O–H groups in total. The van der Waals surface area contributed by atoms with Crippen molar-refractivity contribution in [1.29, 1.82) is 0 Å². The van der Waals surface area contributed by atoms with E-state index in [1.54, 1.807) is 0 Å². The summed E-state index contributed by atoms with van der Waals surface area (Å²) in [5.41, 5.74) is 0.0234. The summed E-state index contributed by atoms with van der Waals surface area (Å²) in [4.78, 5) is 14.8. The Labute approximate surface area is 114 Å². The third-order valence-corrected chi connectivity index (χ3v) is 5.05. The van der Waals surface area contributed by atoms with Gasteiger partial charge in [0.25, 0.3) is 0 Å². The van der Waals surface area contributed by atoms with Gasteiger partial charge in [0, 0.05) is 12.0 Å². The van der Waals surface area contributed by atoms with E-state index >= 15 is 0 Å². The Morgan fingerprint density at radius 1 is 1.58 bits per heavy atom. The zero-order chi connectivity index (χ0) is 14.2. The average Bonchev–Trinajstić information content (AvgIpc) is 2.35. The van der Waals surface area contributed by atoms with Crippen LogP contribution in [-0.2, 0) is 19.5 Å². The van der Waals surface area contributed by atoms with Gasteiger partial charge in [-0.05, 0) is 6.08 Å². The van der Waals surface area contributed by atoms with Crippen LogP contribution in [0.3, 0.4) is 0 Å². The smallest absolute Gasteiger partial charge is 0.182 e. The van der Waals surface area contributed by atoms with Gasteiger partial charge in [-0.2, -0.15) is 0 Å². The molecule has 0 bridgehead atoms. The minimum Gasteiger partial charge on any atom is -0.399 e. The van der Waals surface area contributed by atoms with Crippen LogP contribution in [0, 0.1) is 0 Å². The fraction of sp³-hybridized carbons (Fsp3) is 0.364. The van der Waals surface area contributed by atoms with E-state index in [1.165, 1.54) is 13.1 Å². The Bertz CT molecular complexity index is 671. The highest BCUT2D eigenvalue weighted by molar-refractivity contribution is 7.95. The number of rotatable bonds is 1. The van der Waals surface area contributed by atoms with Gasteiger partial charge in [-0.3, -0.25) is 0 Å². The summed E-state index contributed by atoms with van der Waals surface area (Å²) in [6.07, 6.45) is 0.842. The second-order valence-corrected chi connectivity index (χ2v) is 6.43. The monoisotopic (exact) mass is 305 g/mol. The minimum absolute atomic E-state index is 0.0342. The van der Waals surface area contributed by atoms with Crippen molar-refractivity contribution in [2.75, 3.05) is 12.9 Å². The average molecular weight is 306 g/mol. The van der Waals surface area contributed by atoms with Crippen LogP contribution in [0.1, 0.15) is 6.42 Å². The molecule has 0 saturated carbocycles. The number of halogens is 2. The molecule has 0 spiro atoms. The molecule has 2 rings (SSSR count). The van der Waals surface area contributed by atoms with E-state index in [4.69, 9.17) is 11.6 Å². The third kappa shape index (κ3) is 2.25. The molecule has 1 aliphatic carbocycles. The maximum Gasteiger partial charge on any atom is 0.182 e. The molecule has 0 aromatic rings. The zero-order valence-electron chi connectivity index (χ0n) is 9.81. The standard InChI is InChI=1S/C11H9ClFNO4S/c1-18-14-8-2-3-19(16,17)11-7(13)4-6(5-15)10(12)9(8)11/h4,10H,2-3H2,1H3. The van der Waals surface area contributed by atoms with Crippen molar-refractivity contribution in [2.45, 2.75) is 11.8 Å². The zero-order valence-corrected chi connectivity index (χ0v) is 11.4. The first kappa shape index (κ1) is 14.0. The summed E-state index contributed by atoms with van der Waals surface area (Å²) >= 11 is 6.01. The predicted octanol–water partition coefficient (Wildman–Crippen LogP) is 1.29. The molecule has 1 aliphatic heterocycles. The first-order chi connectivity index (χ1) is 8.92. The van der Waals surface area contributed by atoms with Crippen LogP contribution >= 0.6 is 11.6 Å². The van der Waals surface area contributed by atoms with E-state index < -0.39 is 25.9 Å². The summed E-state index contributed by atoms with van der Waals surface area (Å²) in [5.74, 6) is 0.202. The van der Waals surface area contributed by atoms with Crippen LogP contribution in [0.4, 0.5) is 4.39 Å². The first-order valence-electron chi connectivity index (χ1n) is 5.26. The van der Waals surface area contributed by atoms with Gasteiger partial charge in [0.15, 0.2) is 9.84 Å². The largest absolute Gasteiger partial charge is 0.399 e. The van der Waals surface area contributed by atoms with Crippen molar-refractivity contribution in [1.82, 2.24) is 0 Å². The van der Waals surface area contributed by atoms with E-state index in [9.17, 15) is 17.6 Å². The molecule has 8 heteroatoms. The Hall–Kier alpha value is -1.43. The molecule has 5 nitrogen and oxygen atoms in total. The maximum absolute atomic E-state index is 13.9. The predicted molar refractivity (Wildman–Crippen MR) is 67.9 cm³/mol. The lowest BCUT2D eigenvalue weighted by molar-refractivity contribution is 0.212. The molecule has 2 aliphatic rings. The van der Waals surface area contributed by atoms with Gasteiger partial charge in [-0.15, -0.1) is 11.6 Å². The van der Waals surface area contributed by atoms with Crippen LogP contribution in [0.25, 0.3) is 0 Å². The molecular weight excluding hydrogens is 297 g/mol. The Kier molecular flexibility index (Phi) is 3.62. The maximum atomic E-state index is 13.9. The normalized spacial score (nSPS) is 27.7. The molecule has 19 heavy (non-hydrogen) atoms.